The number of rotatable bonds is 4. The van der Waals surface area contributed by atoms with Crippen LogP contribution in [0.1, 0.15) is 15.9 Å². The summed E-state index contributed by atoms with van der Waals surface area (Å²) < 4.78 is 5.36. The highest BCUT2D eigenvalue weighted by molar-refractivity contribution is 5.91. The van der Waals surface area contributed by atoms with E-state index in [1.54, 1.807) is 24.3 Å². The molecule has 0 aliphatic carbocycles. The van der Waals surface area contributed by atoms with Gasteiger partial charge in [0.2, 0.25) is 0 Å². The summed E-state index contributed by atoms with van der Waals surface area (Å²) in [5.41, 5.74) is 1.52. The average molecular weight is 323 g/mol. The van der Waals surface area contributed by atoms with E-state index in [4.69, 9.17) is 4.74 Å². The second-order valence-electron chi connectivity index (χ2n) is 5.83. The molecule has 0 N–H and O–H groups in total. The van der Waals surface area contributed by atoms with Gasteiger partial charge in [-0.1, -0.05) is 18.2 Å². The fourth-order valence-corrected chi connectivity index (χ4v) is 2.42. The van der Waals surface area contributed by atoms with Crippen molar-refractivity contribution >= 4 is 12.2 Å². The maximum Gasteiger partial charge on any atom is 0.343 e. The highest BCUT2D eigenvalue weighted by atomic mass is 16.5. The molecule has 0 aromatic heterocycles. The van der Waals surface area contributed by atoms with E-state index in [9.17, 15) is 4.79 Å². The van der Waals surface area contributed by atoms with Crippen LogP contribution < -0.4 is 4.74 Å². The molecule has 24 heavy (non-hydrogen) atoms. The molecule has 124 valence electrons. The summed E-state index contributed by atoms with van der Waals surface area (Å²) in [4.78, 5) is 14.3. The van der Waals surface area contributed by atoms with E-state index in [-0.39, 0.29) is 5.97 Å². The second-order valence-corrected chi connectivity index (χ2v) is 5.83. The topological polar surface area (TPSA) is 45.1 Å². The standard InChI is InChI=1S/C19H21N3O2/c1-21-11-13-22(14-12-21)20-15-16-7-9-18(10-8-16)24-19(23)17-5-3-2-4-6-17/h2-10,15H,11-14H2,1H3/b20-15+. The number of benzene rings is 2. The Labute approximate surface area is 142 Å². The average Bonchev–Trinajstić information content (AvgIpc) is 2.63. The Morgan fingerprint density at radius 1 is 1.00 bits per heavy atom. The van der Waals surface area contributed by atoms with E-state index >= 15 is 0 Å². The number of hydrogen-bond acceptors (Lipinski definition) is 5. The molecule has 5 heteroatoms. The van der Waals surface area contributed by atoms with Gasteiger partial charge in [0, 0.05) is 26.2 Å². The van der Waals surface area contributed by atoms with Crippen LogP contribution in [0, 0.1) is 0 Å². The van der Waals surface area contributed by atoms with Crippen LogP contribution in [0.15, 0.2) is 59.7 Å². The van der Waals surface area contributed by atoms with Crippen molar-refractivity contribution < 1.29 is 9.53 Å². The van der Waals surface area contributed by atoms with Crippen molar-refractivity contribution in [2.45, 2.75) is 0 Å². The quantitative estimate of drug-likeness (QED) is 0.493. The smallest absolute Gasteiger partial charge is 0.343 e. The first-order chi connectivity index (χ1) is 11.7. The zero-order valence-corrected chi connectivity index (χ0v) is 13.8. The molecular weight excluding hydrogens is 302 g/mol. The maximum atomic E-state index is 12.0. The van der Waals surface area contributed by atoms with Gasteiger partial charge in [-0.05, 0) is 49.0 Å². The van der Waals surface area contributed by atoms with Gasteiger partial charge >= 0.3 is 5.97 Å². The molecule has 0 radical (unpaired) electrons. The molecule has 1 aliphatic rings. The zero-order valence-electron chi connectivity index (χ0n) is 13.8. The number of carbonyl (C=O) groups excluding carboxylic acids is 1. The van der Waals surface area contributed by atoms with Gasteiger partial charge in [-0.15, -0.1) is 0 Å². The monoisotopic (exact) mass is 323 g/mol. The highest BCUT2D eigenvalue weighted by Gasteiger charge is 2.11. The van der Waals surface area contributed by atoms with Gasteiger partial charge in [0.05, 0.1) is 11.8 Å². The molecule has 0 bridgehead atoms. The van der Waals surface area contributed by atoms with Crippen LogP contribution in [-0.4, -0.2) is 55.3 Å². The third kappa shape index (κ3) is 4.43. The summed E-state index contributed by atoms with van der Waals surface area (Å²) in [7, 11) is 2.12. The summed E-state index contributed by atoms with van der Waals surface area (Å²) in [5.74, 6) is 0.176. The number of nitrogens with zero attached hydrogens (tertiary/aromatic N) is 3. The predicted octanol–water partition coefficient (Wildman–Crippen LogP) is 2.49. The molecule has 0 saturated carbocycles. The van der Waals surface area contributed by atoms with Gasteiger partial charge in [0.15, 0.2) is 0 Å². The highest BCUT2D eigenvalue weighted by Crippen LogP contribution is 2.14. The molecule has 0 unspecified atom stereocenters. The molecule has 1 heterocycles. The van der Waals surface area contributed by atoms with Crippen LogP contribution in [0.5, 0.6) is 5.75 Å². The second kappa shape index (κ2) is 7.75. The Morgan fingerprint density at radius 2 is 1.67 bits per heavy atom. The van der Waals surface area contributed by atoms with Crippen molar-refractivity contribution in [3.05, 3.63) is 65.7 Å². The van der Waals surface area contributed by atoms with Crippen LogP contribution in [0.25, 0.3) is 0 Å². The van der Waals surface area contributed by atoms with Gasteiger partial charge in [0.25, 0.3) is 0 Å². The molecule has 2 aromatic carbocycles. The van der Waals surface area contributed by atoms with Crippen LogP contribution in [0.2, 0.25) is 0 Å². The van der Waals surface area contributed by atoms with Gasteiger partial charge < -0.3 is 9.64 Å². The number of ether oxygens (including phenoxy) is 1. The number of esters is 1. The van der Waals surface area contributed by atoms with Crippen molar-refractivity contribution in [1.82, 2.24) is 9.91 Å². The third-order valence-corrected chi connectivity index (χ3v) is 3.95. The van der Waals surface area contributed by atoms with E-state index in [0.29, 0.717) is 11.3 Å². The van der Waals surface area contributed by atoms with E-state index in [1.807, 2.05) is 36.5 Å². The van der Waals surface area contributed by atoms with Crippen LogP contribution in [-0.2, 0) is 0 Å². The molecule has 1 fully saturated rings. The first kappa shape index (κ1) is 16.2. The van der Waals surface area contributed by atoms with Crippen LogP contribution in [0.3, 0.4) is 0 Å². The third-order valence-electron chi connectivity index (χ3n) is 3.95. The molecule has 5 nitrogen and oxygen atoms in total. The maximum absolute atomic E-state index is 12.0. The largest absolute Gasteiger partial charge is 0.423 e. The normalized spacial score (nSPS) is 15.6. The van der Waals surface area contributed by atoms with Crippen molar-refractivity contribution in [2.75, 3.05) is 33.2 Å². The van der Waals surface area contributed by atoms with E-state index < -0.39 is 0 Å². The molecule has 0 amide bonds. The number of likely N-dealkylation sites (N-methyl/N-ethyl adjacent to an activating group) is 1. The minimum absolute atomic E-state index is 0.352. The zero-order chi connectivity index (χ0) is 16.8. The Morgan fingerprint density at radius 3 is 2.33 bits per heavy atom. The Balaban J connectivity index is 1.56. The molecule has 0 spiro atoms. The molecular formula is C19H21N3O2. The van der Waals surface area contributed by atoms with Gasteiger partial charge in [-0.3, -0.25) is 5.01 Å². The minimum atomic E-state index is -0.352. The molecule has 3 rings (SSSR count). The van der Waals surface area contributed by atoms with Crippen LogP contribution >= 0.6 is 0 Å². The lowest BCUT2D eigenvalue weighted by molar-refractivity contribution is 0.0735. The molecule has 1 saturated heterocycles. The lowest BCUT2D eigenvalue weighted by Crippen LogP contribution is -2.41. The van der Waals surface area contributed by atoms with Gasteiger partial charge in [-0.2, -0.15) is 5.10 Å². The Hall–Kier alpha value is -2.66. The van der Waals surface area contributed by atoms with Gasteiger partial charge in [0.1, 0.15) is 5.75 Å². The summed E-state index contributed by atoms with van der Waals surface area (Å²) in [5, 5.41) is 6.57. The fourth-order valence-electron chi connectivity index (χ4n) is 2.42. The van der Waals surface area contributed by atoms with Crippen LogP contribution in [0.4, 0.5) is 0 Å². The number of hydrazone groups is 1. The van der Waals surface area contributed by atoms with Crippen molar-refractivity contribution in [2.24, 2.45) is 5.10 Å². The van der Waals surface area contributed by atoms with Crippen molar-refractivity contribution in [3.8, 4) is 5.75 Å². The Kier molecular flexibility index (Phi) is 5.23. The van der Waals surface area contributed by atoms with Crippen molar-refractivity contribution in [1.29, 1.82) is 0 Å². The number of hydrogen-bond donors (Lipinski definition) is 0. The fraction of sp³-hybridized carbons (Fsp3) is 0.263. The summed E-state index contributed by atoms with van der Waals surface area (Å²) in [6.07, 6.45) is 1.84. The lowest BCUT2D eigenvalue weighted by Gasteiger charge is -2.30. The van der Waals surface area contributed by atoms with Gasteiger partial charge in [-0.25, -0.2) is 4.79 Å². The SMILES string of the molecule is CN1CCN(/N=C/c2ccc(OC(=O)c3ccccc3)cc2)CC1. The summed E-state index contributed by atoms with van der Waals surface area (Å²) in [6.45, 7) is 3.96. The van der Waals surface area contributed by atoms with E-state index in [2.05, 4.69) is 22.1 Å². The summed E-state index contributed by atoms with van der Waals surface area (Å²) >= 11 is 0. The van der Waals surface area contributed by atoms with Crippen molar-refractivity contribution in [3.63, 3.8) is 0 Å². The Bertz CT molecular complexity index is 690. The predicted molar refractivity (Wildman–Crippen MR) is 94.5 cm³/mol. The number of piperazine rings is 1. The molecule has 2 aromatic rings. The molecule has 1 aliphatic heterocycles. The van der Waals surface area contributed by atoms with E-state index in [0.717, 1.165) is 31.7 Å². The first-order valence-corrected chi connectivity index (χ1v) is 8.05. The molecule has 0 atom stereocenters. The first-order valence-electron chi connectivity index (χ1n) is 8.05. The van der Waals surface area contributed by atoms with E-state index in [1.165, 1.54) is 0 Å². The summed E-state index contributed by atoms with van der Waals surface area (Å²) in [6, 6.07) is 16.3. The lowest BCUT2D eigenvalue weighted by atomic mass is 10.2. The number of carbonyl (C=O) groups is 1. The minimum Gasteiger partial charge on any atom is -0.423 e.